The molecule has 1 saturated heterocycles. The Balaban J connectivity index is 2.62. The van der Waals surface area contributed by atoms with Gasteiger partial charge in [0, 0.05) is 30.9 Å². The first-order valence-corrected chi connectivity index (χ1v) is 14.2. The van der Waals surface area contributed by atoms with Crippen molar-refractivity contribution in [2.24, 2.45) is 23.7 Å². The van der Waals surface area contributed by atoms with Gasteiger partial charge in [-0.05, 0) is 73.2 Å². The van der Waals surface area contributed by atoms with Crippen LogP contribution < -0.4 is 0 Å². The zero-order valence-corrected chi connectivity index (χ0v) is 26.1. The van der Waals surface area contributed by atoms with Crippen molar-refractivity contribution in [1.29, 1.82) is 0 Å². The van der Waals surface area contributed by atoms with E-state index in [2.05, 4.69) is 4.90 Å². The van der Waals surface area contributed by atoms with Gasteiger partial charge in [-0.2, -0.15) is 0 Å². The SMILES string of the molecule is CO[C@]1(C)C[C@@H](C)C(=O)/C(C)=C/[C@](C)(O)[C@@H](CO)OC(=O)[C@H](C)C(=O)[C@H](C)[C@H]1O[C@@H]1OC(C)CC(N(C)C)C1C. The molecule has 0 bridgehead atoms. The highest BCUT2D eigenvalue weighted by atomic mass is 16.7. The number of esters is 1. The molecule has 10 nitrogen and oxygen atoms in total. The maximum atomic E-state index is 13.8. The molecular formula is C30H51NO9. The number of cyclic esters (lactones) is 1. The van der Waals surface area contributed by atoms with E-state index in [4.69, 9.17) is 18.9 Å². The molecule has 0 amide bonds. The third-order valence-corrected chi connectivity index (χ3v) is 8.80. The molecule has 0 saturated carbocycles. The Labute approximate surface area is 239 Å². The fraction of sp³-hybridized carbons (Fsp3) is 0.833. The molecule has 3 unspecified atom stereocenters. The van der Waals surface area contributed by atoms with E-state index in [0.717, 1.165) is 6.42 Å². The van der Waals surface area contributed by atoms with Crippen LogP contribution in [0.3, 0.4) is 0 Å². The smallest absolute Gasteiger partial charge is 0.316 e. The van der Waals surface area contributed by atoms with E-state index in [0.29, 0.717) is 0 Å². The first-order valence-electron chi connectivity index (χ1n) is 14.2. The summed E-state index contributed by atoms with van der Waals surface area (Å²) in [5.41, 5.74) is -2.71. The summed E-state index contributed by atoms with van der Waals surface area (Å²) in [5, 5.41) is 20.9. The maximum absolute atomic E-state index is 13.8. The van der Waals surface area contributed by atoms with Crippen LogP contribution in [0.2, 0.25) is 0 Å². The highest BCUT2D eigenvalue weighted by Gasteiger charge is 2.49. The van der Waals surface area contributed by atoms with Gasteiger partial charge in [-0.1, -0.05) is 20.8 Å². The predicted octanol–water partition coefficient (Wildman–Crippen LogP) is 2.53. The minimum Gasteiger partial charge on any atom is -0.456 e. The molecule has 0 aromatic carbocycles. The Kier molecular flexibility index (Phi) is 11.7. The summed E-state index contributed by atoms with van der Waals surface area (Å²) in [5.74, 6) is -4.26. The molecule has 10 heteroatoms. The molecule has 2 aliphatic rings. The third-order valence-electron chi connectivity index (χ3n) is 8.80. The average molecular weight is 570 g/mol. The molecule has 230 valence electrons. The number of hydrogen-bond acceptors (Lipinski definition) is 10. The van der Waals surface area contributed by atoms with Gasteiger partial charge in [0.25, 0.3) is 0 Å². The number of carbonyl (C=O) groups is 3. The van der Waals surface area contributed by atoms with Gasteiger partial charge in [0.2, 0.25) is 0 Å². The van der Waals surface area contributed by atoms with Gasteiger partial charge in [0.05, 0.1) is 24.4 Å². The number of carbonyl (C=O) groups excluding carboxylic acids is 3. The van der Waals surface area contributed by atoms with Gasteiger partial charge in [-0.25, -0.2) is 0 Å². The van der Waals surface area contributed by atoms with Crippen LogP contribution in [-0.4, -0.2) is 102 Å². The molecule has 11 atom stereocenters. The van der Waals surface area contributed by atoms with Crippen LogP contribution in [-0.2, 0) is 33.3 Å². The van der Waals surface area contributed by atoms with Gasteiger partial charge in [0.1, 0.15) is 11.5 Å². The fourth-order valence-electron chi connectivity index (χ4n) is 6.17. The van der Waals surface area contributed by atoms with E-state index in [-0.39, 0.29) is 35.8 Å². The van der Waals surface area contributed by atoms with Gasteiger partial charge in [-0.3, -0.25) is 14.4 Å². The Bertz CT molecular complexity index is 947. The second-order valence-corrected chi connectivity index (χ2v) is 12.6. The molecule has 2 heterocycles. The van der Waals surface area contributed by atoms with E-state index in [9.17, 15) is 24.6 Å². The summed E-state index contributed by atoms with van der Waals surface area (Å²) < 4.78 is 24.3. The maximum Gasteiger partial charge on any atom is 0.316 e. The van der Waals surface area contributed by atoms with E-state index in [1.807, 2.05) is 27.9 Å². The largest absolute Gasteiger partial charge is 0.456 e. The Morgan fingerprint density at radius 1 is 1.10 bits per heavy atom. The lowest BCUT2D eigenvalue weighted by Gasteiger charge is -2.47. The van der Waals surface area contributed by atoms with E-state index < -0.39 is 65.8 Å². The second kappa shape index (κ2) is 13.5. The number of allylic oxidation sites excluding steroid dienone is 1. The number of rotatable bonds is 5. The summed E-state index contributed by atoms with van der Waals surface area (Å²) in [6.45, 7) is 12.9. The lowest BCUT2D eigenvalue weighted by molar-refractivity contribution is -0.280. The quantitative estimate of drug-likeness (QED) is 0.376. The van der Waals surface area contributed by atoms with Crippen LogP contribution in [0.25, 0.3) is 0 Å². The van der Waals surface area contributed by atoms with Crippen molar-refractivity contribution in [3.63, 3.8) is 0 Å². The van der Waals surface area contributed by atoms with Crippen molar-refractivity contribution in [2.45, 2.75) is 110 Å². The molecule has 0 aliphatic carbocycles. The normalized spacial score (nSPS) is 44.1. The molecule has 2 aliphatic heterocycles. The van der Waals surface area contributed by atoms with Gasteiger partial charge >= 0.3 is 5.97 Å². The van der Waals surface area contributed by atoms with E-state index >= 15 is 0 Å². The Morgan fingerprint density at radius 3 is 2.23 bits per heavy atom. The number of hydrogen-bond donors (Lipinski definition) is 2. The van der Waals surface area contributed by atoms with Crippen LogP contribution in [0.4, 0.5) is 0 Å². The van der Waals surface area contributed by atoms with Crippen molar-refractivity contribution >= 4 is 17.5 Å². The number of methoxy groups -OCH3 is 1. The molecule has 2 rings (SSSR count). The number of aliphatic hydroxyl groups is 2. The lowest BCUT2D eigenvalue weighted by Crippen LogP contribution is -2.57. The molecule has 0 aromatic heterocycles. The Morgan fingerprint density at radius 2 is 1.70 bits per heavy atom. The Hall–Kier alpha value is -1.69. The number of aliphatic hydroxyl groups excluding tert-OH is 1. The fourth-order valence-corrected chi connectivity index (χ4v) is 6.17. The van der Waals surface area contributed by atoms with Crippen LogP contribution in [0, 0.1) is 23.7 Å². The third kappa shape index (κ3) is 7.57. The van der Waals surface area contributed by atoms with Crippen molar-refractivity contribution in [3.05, 3.63) is 11.6 Å². The van der Waals surface area contributed by atoms with Gasteiger partial charge < -0.3 is 34.1 Å². The van der Waals surface area contributed by atoms with E-state index in [1.165, 1.54) is 27.0 Å². The van der Waals surface area contributed by atoms with E-state index in [1.54, 1.807) is 27.7 Å². The van der Waals surface area contributed by atoms with Crippen LogP contribution in [0.15, 0.2) is 11.6 Å². The van der Waals surface area contributed by atoms with Crippen LogP contribution in [0.1, 0.15) is 68.2 Å². The highest BCUT2D eigenvalue weighted by molar-refractivity contribution is 6.00. The number of Topliss-reactive ketones (excluding diaryl/α,β-unsaturated/α-hetero) is 2. The number of nitrogens with zero attached hydrogens (tertiary/aromatic N) is 1. The van der Waals surface area contributed by atoms with Crippen LogP contribution >= 0.6 is 0 Å². The summed E-state index contributed by atoms with van der Waals surface area (Å²) in [4.78, 5) is 42.4. The minimum atomic E-state index is -1.84. The molecule has 2 N–H and O–H groups in total. The molecule has 0 spiro atoms. The molecule has 0 radical (unpaired) electrons. The highest BCUT2D eigenvalue weighted by Crippen LogP contribution is 2.38. The standard InChI is InChI=1S/C30H51NO9/c1-16-13-29(7,36)23(15-32)39-27(35)21(6)25(34)20(5)26(30(8,37-11)14-17(2)24(16)33)40-28-19(4)22(31(9)10)12-18(3)38-28/h13,17-23,26,28,32,36H,12,14-15H2,1-11H3/b16-13+/t17-,18?,19?,20+,21-,22?,23-,26-,28+,29+,30-/m1/s1. The van der Waals surface area contributed by atoms with Crippen molar-refractivity contribution < 1.29 is 43.5 Å². The van der Waals surface area contributed by atoms with Crippen LogP contribution in [0.5, 0.6) is 0 Å². The van der Waals surface area contributed by atoms with Crippen molar-refractivity contribution in [3.8, 4) is 0 Å². The zero-order chi connectivity index (χ0) is 30.7. The number of ketones is 2. The van der Waals surface area contributed by atoms with Crippen molar-refractivity contribution in [2.75, 3.05) is 27.8 Å². The van der Waals surface area contributed by atoms with Gasteiger partial charge in [-0.15, -0.1) is 0 Å². The first-order chi connectivity index (χ1) is 18.4. The molecular weight excluding hydrogens is 518 g/mol. The second-order valence-electron chi connectivity index (χ2n) is 12.6. The van der Waals surface area contributed by atoms with Crippen molar-refractivity contribution in [1.82, 2.24) is 4.90 Å². The summed E-state index contributed by atoms with van der Waals surface area (Å²) in [7, 11) is 5.54. The molecule has 0 aromatic rings. The molecule has 1 fully saturated rings. The summed E-state index contributed by atoms with van der Waals surface area (Å²) in [6, 6.07) is 0.178. The zero-order valence-electron chi connectivity index (χ0n) is 26.1. The molecule has 40 heavy (non-hydrogen) atoms. The monoisotopic (exact) mass is 569 g/mol. The average Bonchev–Trinajstić information content (AvgIpc) is 2.88. The predicted molar refractivity (Wildman–Crippen MR) is 149 cm³/mol. The minimum absolute atomic E-state index is 0.0399. The topological polar surface area (TPSA) is 132 Å². The number of ether oxygens (including phenoxy) is 4. The lowest BCUT2D eigenvalue weighted by atomic mass is 9.77. The first kappa shape index (κ1) is 34.5. The summed E-state index contributed by atoms with van der Waals surface area (Å²) in [6.07, 6.45) is -0.674. The summed E-state index contributed by atoms with van der Waals surface area (Å²) >= 11 is 0. The van der Waals surface area contributed by atoms with Gasteiger partial charge in [0.15, 0.2) is 24.0 Å².